The van der Waals surface area contributed by atoms with Gasteiger partial charge in [-0.3, -0.25) is 9.59 Å². The normalized spacial score (nSPS) is 34.3. The van der Waals surface area contributed by atoms with Gasteiger partial charge >= 0.3 is 0 Å². The van der Waals surface area contributed by atoms with Crippen LogP contribution in [-0.4, -0.2) is 50.8 Å². The predicted molar refractivity (Wildman–Crippen MR) is 154 cm³/mol. The number of carbonyl (C=O) groups excluding carboxylic acids is 2. The molecular formula is C31H44N2O5S. The zero-order valence-corrected chi connectivity index (χ0v) is 24.7. The van der Waals surface area contributed by atoms with Crippen LogP contribution in [0.1, 0.15) is 89.3 Å². The Bertz CT molecular complexity index is 1210. The molecule has 0 aliphatic carbocycles. The number of hydrogen-bond donors (Lipinski definition) is 3. The highest BCUT2D eigenvalue weighted by molar-refractivity contribution is 7.18. The summed E-state index contributed by atoms with van der Waals surface area (Å²) in [5.74, 6) is -1.27. The Morgan fingerprint density at radius 3 is 2.72 bits per heavy atom. The summed E-state index contributed by atoms with van der Waals surface area (Å²) in [6, 6.07) is 5.79. The number of nitrogens with one attached hydrogen (secondary N) is 1. The van der Waals surface area contributed by atoms with Crippen LogP contribution in [0.5, 0.6) is 0 Å². The van der Waals surface area contributed by atoms with Crippen molar-refractivity contribution in [1.29, 1.82) is 0 Å². The van der Waals surface area contributed by atoms with Crippen LogP contribution < -0.4 is 5.32 Å². The van der Waals surface area contributed by atoms with Crippen LogP contribution in [0.3, 0.4) is 0 Å². The zero-order chi connectivity index (χ0) is 28.5. The standard InChI is InChI=1S/C31H44N2O5S/c1-7-8-11-21-28(36)18(2)10-9-14-31(6)26(38-31)16-22(20-12-13-24-23(15-20)32-19(3)39-24)33-27(35)17-25(34)30(4,5)29(21)37/h7,12-13,15,18,21-22,25-26,28,34,36H,1,8-11,14,16-17H2,2-6H3,(H,33,35). The molecule has 0 radical (unpaired) electrons. The number of rotatable bonds is 4. The van der Waals surface area contributed by atoms with Gasteiger partial charge in [0, 0.05) is 12.3 Å². The van der Waals surface area contributed by atoms with E-state index in [1.54, 1.807) is 31.3 Å². The van der Waals surface area contributed by atoms with Gasteiger partial charge in [-0.2, -0.15) is 0 Å². The maximum absolute atomic E-state index is 13.7. The number of fused-ring (bicyclic) bond motifs is 2. The summed E-state index contributed by atoms with van der Waals surface area (Å²) in [5.41, 5.74) is 0.365. The van der Waals surface area contributed by atoms with Crippen LogP contribution in [0.25, 0.3) is 10.2 Å². The average molecular weight is 557 g/mol. The Labute approximate surface area is 236 Å². The first-order valence-electron chi connectivity index (χ1n) is 14.2. The Hall–Kier alpha value is -2.13. The fourth-order valence-corrected chi connectivity index (χ4v) is 6.81. The van der Waals surface area contributed by atoms with Gasteiger partial charge in [0.2, 0.25) is 5.91 Å². The van der Waals surface area contributed by atoms with E-state index in [4.69, 9.17) is 4.74 Å². The molecule has 2 saturated heterocycles. The van der Waals surface area contributed by atoms with Crippen molar-refractivity contribution in [2.45, 2.75) is 110 Å². The Kier molecular flexibility index (Phi) is 9.01. The zero-order valence-electron chi connectivity index (χ0n) is 23.9. The number of benzene rings is 1. The summed E-state index contributed by atoms with van der Waals surface area (Å²) < 4.78 is 7.27. The maximum atomic E-state index is 13.7. The number of ketones is 1. The molecule has 7 atom stereocenters. The van der Waals surface area contributed by atoms with E-state index in [-0.39, 0.29) is 41.8 Å². The third-order valence-corrected chi connectivity index (χ3v) is 9.89. The van der Waals surface area contributed by atoms with Crippen molar-refractivity contribution in [3.63, 3.8) is 0 Å². The highest BCUT2D eigenvalue weighted by atomic mass is 32.1. The fraction of sp³-hybridized carbons (Fsp3) is 0.645. The summed E-state index contributed by atoms with van der Waals surface area (Å²) in [4.78, 5) is 31.7. The Morgan fingerprint density at radius 2 is 2.00 bits per heavy atom. The predicted octanol–water partition coefficient (Wildman–Crippen LogP) is 5.42. The smallest absolute Gasteiger partial charge is 0.223 e. The molecule has 4 rings (SSSR count). The summed E-state index contributed by atoms with van der Waals surface area (Å²) in [5, 5.41) is 26.5. The number of epoxide rings is 1. The molecule has 2 aliphatic heterocycles. The molecule has 2 fully saturated rings. The van der Waals surface area contributed by atoms with E-state index in [0.29, 0.717) is 19.3 Å². The lowest BCUT2D eigenvalue weighted by atomic mass is 9.71. The van der Waals surface area contributed by atoms with Gasteiger partial charge in [-0.05, 0) is 63.1 Å². The lowest BCUT2D eigenvalue weighted by Gasteiger charge is -2.36. The SMILES string of the molecule is C=CCCC1C(=O)C(C)(C)C(O)CC(=O)NC(c2ccc3sc(C)nc3c2)CC2OC2(C)CCCC(C)C1O. The molecule has 0 bridgehead atoms. The Balaban J connectivity index is 1.62. The van der Waals surface area contributed by atoms with Crippen LogP contribution in [0.15, 0.2) is 30.9 Å². The molecular weight excluding hydrogens is 512 g/mol. The van der Waals surface area contributed by atoms with Crippen LogP contribution in [-0.2, 0) is 14.3 Å². The van der Waals surface area contributed by atoms with Gasteiger partial charge in [0.05, 0.1) is 57.0 Å². The van der Waals surface area contributed by atoms with E-state index in [1.165, 1.54) is 0 Å². The number of allylic oxidation sites excluding steroid dienone is 1. The van der Waals surface area contributed by atoms with Gasteiger partial charge in [-0.25, -0.2) is 4.98 Å². The highest BCUT2D eigenvalue weighted by Gasteiger charge is 2.52. The number of thiazole rings is 1. The number of aromatic nitrogens is 1. The van der Waals surface area contributed by atoms with Crippen molar-refractivity contribution in [1.82, 2.24) is 10.3 Å². The molecule has 8 heteroatoms. The average Bonchev–Trinajstić information content (AvgIpc) is 3.34. The van der Waals surface area contributed by atoms with E-state index < -0.39 is 23.5 Å². The number of aliphatic hydroxyl groups is 2. The topological polar surface area (TPSA) is 112 Å². The molecule has 0 spiro atoms. The van der Waals surface area contributed by atoms with Crippen molar-refractivity contribution in [3.8, 4) is 0 Å². The van der Waals surface area contributed by atoms with Crippen molar-refractivity contribution in [3.05, 3.63) is 41.4 Å². The lowest BCUT2D eigenvalue weighted by molar-refractivity contribution is -0.144. The van der Waals surface area contributed by atoms with Gasteiger partial charge in [0.25, 0.3) is 0 Å². The van der Waals surface area contributed by atoms with Gasteiger partial charge in [-0.15, -0.1) is 17.9 Å². The molecule has 1 aromatic carbocycles. The molecule has 7 nitrogen and oxygen atoms in total. The summed E-state index contributed by atoms with van der Waals surface area (Å²) >= 11 is 1.64. The van der Waals surface area contributed by atoms with E-state index in [2.05, 4.69) is 23.8 Å². The van der Waals surface area contributed by atoms with Crippen molar-refractivity contribution in [2.75, 3.05) is 0 Å². The minimum atomic E-state index is -1.20. The van der Waals surface area contributed by atoms with Crippen LogP contribution >= 0.6 is 11.3 Å². The third-order valence-electron chi connectivity index (χ3n) is 8.93. The van der Waals surface area contributed by atoms with Crippen LogP contribution in [0, 0.1) is 24.2 Å². The number of aliphatic hydroxyl groups excluding tert-OH is 2. The quantitative estimate of drug-likeness (QED) is 0.343. The van der Waals surface area contributed by atoms with Crippen molar-refractivity contribution < 1.29 is 24.5 Å². The molecule has 214 valence electrons. The number of Topliss-reactive ketones (excluding diaryl/α,β-unsaturated/α-hetero) is 1. The molecule has 0 saturated carbocycles. The fourth-order valence-electron chi connectivity index (χ4n) is 6.00. The first-order valence-corrected chi connectivity index (χ1v) is 15.0. The van der Waals surface area contributed by atoms with Crippen LogP contribution in [0.2, 0.25) is 0 Å². The third kappa shape index (κ3) is 6.62. The summed E-state index contributed by atoms with van der Waals surface area (Å²) in [7, 11) is 0. The number of carbonyl (C=O) groups is 2. The number of aryl methyl sites for hydroxylation is 1. The van der Waals surface area contributed by atoms with E-state index in [1.807, 2.05) is 32.0 Å². The van der Waals surface area contributed by atoms with E-state index >= 15 is 0 Å². The first kappa shape index (κ1) is 29.8. The van der Waals surface area contributed by atoms with Crippen molar-refractivity contribution in [2.24, 2.45) is 17.3 Å². The molecule has 1 amide bonds. The minimum Gasteiger partial charge on any atom is -0.392 e. The molecule has 3 N–H and O–H groups in total. The number of amides is 1. The molecule has 39 heavy (non-hydrogen) atoms. The number of nitrogens with zero attached hydrogens (tertiary/aromatic N) is 1. The summed E-state index contributed by atoms with van der Waals surface area (Å²) in [6.07, 6.45) is 3.63. The first-order chi connectivity index (χ1) is 18.4. The van der Waals surface area contributed by atoms with E-state index in [9.17, 15) is 19.8 Å². The maximum Gasteiger partial charge on any atom is 0.223 e. The van der Waals surface area contributed by atoms with Gasteiger partial charge < -0.3 is 20.3 Å². The summed E-state index contributed by atoms with van der Waals surface area (Å²) in [6.45, 7) is 13.2. The molecule has 7 unspecified atom stereocenters. The molecule has 1 aromatic heterocycles. The minimum absolute atomic E-state index is 0.00733. The molecule has 2 aliphatic rings. The van der Waals surface area contributed by atoms with E-state index in [0.717, 1.165) is 40.1 Å². The molecule has 2 aromatic rings. The monoisotopic (exact) mass is 556 g/mol. The highest BCUT2D eigenvalue weighted by Crippen LogP contribution is 2.46. The second-order valence-electron chi connectivity index (χ2n) is 12.4. The van der Waals surface area contributed by atoms with Gasteiger partial charge in [-0.1, -0.05) is 39.3 Å². The lowest BCUT2D eigenvalue weighted by Crippen LogP contribution is -2.47. The van der Waals surface area contributed by atoms with Crippen LogP contribution in [0.4, 0.5) is 0 Å². The molecule has 3 heterocycles. The number of hydrogen-bond acceptors (Lipinski definition) is 7. The van der Waals surface area contributed by atoms with Gasteiger partial charge in [0.15, 0.2) is 0 Å². The number of ether oxygens (including phenoxy) is 1. The largest absolute Gasteiger partial charge is 0.392 e. The van der Waals surface area contributed by atoms with Gasteiger partial charge in [0.1, 0.15) is 5.78 Å². The Morgan fingerprint density at radius 1 is 1.26 bits per heavy atom. The van der Waals surface area contributed by atoms with Crippen molar-refractivity contribution >= 4 is 33.2 Å². The second-order valence-corrected chi connectivity index (χ2v) is 13.6. The second kappa shape index (κ2) is 11.8.